The van der Waals surface area contributed by atoms with E-state index < -0.39 is 58.7 Å². The average Bonchev–Trinajstić information content (AvgIpc) is 3.58. The second kappa shape index (κ2) is 11.3. The van der Waals surface area contributed by atoms with E-state index in [0.29, 0.717) is 25.2 Å². The first-order chi connectivity index (χ1) is 19.9. The van der Waals surface area contributed by atoms with Crippen LogP contribution < -0.4 is 16.0 Å². The molecule has 0 radical (unpaired) electrons. The molecule has 1 aromatic heterocycles. The molecule has 0 bridgehead atoms. The van der Waals surface area contributed by atoms with Gasteiger partial charge in [-0.15, -0.1) is 0 Å². The van der Waals surface area contributed by atoms with Crippen LogP contribution in [0, 0.1) is 11.6 Å². The number of fused-ring (bicyclic) bond motifs is 1. The van der Waals surface area contributed by atoms with E-state index in [1.54, 1.807) is 0 Å². The number of aromatic nitrogens is 2. The molecule has 222 valence electrons. The summed E-state index contributed by atoms with van der Waals surface area (Å²) in [5.41, 5.74) is -1.94. The molecule has 1 saturated heterocycles. The van der Waals surface area contributed by atoms with E-state index >= 15 is 0 Å². The van der Waals surface area contributed by atoms with Gasteiger partial charge < -0.3 is 25.4 Å². The van der Waals surface area contributed by atoms with Gasteiger partial charge in [0.1, 0.15) is 17.7 Å². The lowest BCUT2D eigenvalue weighted by Gasteiger charge is -2.35. The Labute approximate surface area is 241 Å². The van der Waals surface area contributed by atoms with Gasteiger partial charge in [0.2, 0.25) is 11.7 Å². The third-order valence-corrected chi connectivity index (χ3v) is 7.51. The lowest BCUT2D eigenvalue weighted by molar-refractivity contribution is -0.137. The fourth-order valence-electron chi connectivity index (χ4n) is 5.22. The molecule has 42 heavy (non-hydrogen) atoms. The van der Waals surface area contributed by atoms with E-state index in [-0.39, 0.29) is 40.5 Å². The number of hydrogen-bond acceptors (Lipinski definition) is 5. The maximum Gasteiger partial charge on any atom is 0.416 e. The van der Waals surface area contributed by atoms with Crippen molar-refractivity contribution in [1.29, 1.82) is 0 Å². The van der Waals surface area contributed by atoms with E-state index in [1.165, 1.54) is 17.7 Å². The first-order valence-electron chi connectivity index (χ1n) is 12.9. The minimum Gasteiger partial charge on any atom is -0.352 e. The first-order valence-corrected chi connectivity index (χ1v) is 13.3. The van der Waals surface area contributed by atoms with Crippen LogP contribution in [0.4, 0.5) is 27.8 Å². The standard InChI is InChI=1S/C27H24ClF5N6O3/c1-34-26(42)23-36-22(37-24(40)13-8-14(27(31,32)33)10-16(30)9-13)21-20(17-11-15(29)4-5-18(17)28)35-25(41)19(39(21)23)12-38-6-2-3-7-38/h4-5,8-11,19-20H,2-3,6-7,12H2,1H3,(H,34,42)(H,35,41)(H,37,40). The number of benzene rings is 2. The molecule has 5 rings (SSSR count). The monoisotopic (exact) mass is 610 g/mol. The van der Waals surface area contributed by atoms with Crippen molar-refractivity contribution in [2.45, 2.75) is 31.1 Å². The fourth-order valence-corrected chi connectivity index (χ4v) is 5.45. The highest BCUT2D eigenvalue weighted by Gasteiger charge is 2.42. The predicted molar refractivity (Wildman–Crippen MR) is 141 cm³/mol. The summed E-state index contributed by atoms with van der Waals surface area (Å²) in [5.74, 6) is -5.00. The van der Waals surface area contributed by atoms with Crippen LogP contribution in [0.15, 0.2) is 36.4 Å². The number of nitrogens with one attached hydrogen (secondary N) is 3. The third kappa shape index (κ3) is 5.68. The second-order valence-electron chi connectivity index (χ2n) is 9.93. The number of rotatable bonds is 6. The van der Waals surface area contributed by atoms with Crippen LogP contribution in [0.5, 0.6) is 0 Å². The maximum atomic E-state index is 14.4. The van der Waals surface area contributed by atoms with Gasteiger partial charge in [0.15, 0.2) is 5.82 Å². The number of anilines is 1. The average molecular weight is 611 g/mol. The molecule has 9 nitrogen and oxygen atoms in total. The molecule has 2 atom stereocenters. The highest BCUT2D eigenvalue weighted by atomic mass is 35.5. The van der Waals surface area contributed by atoms with Crippen molar-refractivity contribution in [1.82, 2.24) is 25.1 Å². The van der Waals surface area contributed by atoms with Gasteiger partial charge in [-0.2, -0.15) is 13.2 Å². The first kappa shape index (κ1) is 29.5. The smallest absolute Gasteiger partial charge is 0.352 e. The zero-order chi connectivity index (χ0) is 30.3. The number of halogens is 6. The highest BCUT2D eigenvalue weighted by molar-refractivity contribution is 6.31. The van der Waals surface area contributed by atoms with Crippen LogP contribution in [0.2, 0.25) is 5.02 Å². The Morgan fingerprint density at radius 2 is 1.79 bits per heavy atom. The molecule has 2 aromatic carbocycles. The van der Waals surface area contributed by atoms with Crippen LogP contribution in [0.25, 0.3) is 0 Å². The second-order valence-corrected chi connectivity index (χ2v) is 10.3. The minimum atomic E-state index is -4.93. The number of amides is 3. The van der Waals surface area contributed by atoms with Gasteiger partial charge >= 0.3 is 6.18 Å². The van der Waals surface area contributed by atoms with Crippen LogP contribution >= 0.6 is 11.6 Å². The summed E-state index contributed by atoms with van der Waals surface area (Å²) in [6.07, 6.45) is -3.11. The van der Waals surface area contributed by atoms with Crippen LogP contribution in [0.1, 0.15) is 62.7 Å². The number of hydrogen-bond donors (Lipinski definition) is 3. The van der Waals surface area contributed by atoms with E-state index in [9.17, 15) is 36.3 Å². The summed E-state index contributed by atoms with van der Waals surface area (Å²) in [4.78, 5) is 46.0. The summed E-state index contributed by atoms with van der Waals surface area (Å²) in [5, 5.41) is 7.61. The van der Waals surface area contributed by atoms with E-state index in [1.807, 2.05) is 4.90 Å². The molecule has 3 heterocycles. The summed E-state index contributed by atoms with van der Waals surface area (Å²) < 4.78 is 69.7. The van der Waals surface area contributed by atoms with E-state index in [0.717, 1.165) is 25.0 Å². The van der Waals surface area contributed by atoms with Crippen molar-refractivity contribution in [2.75, 3.05) is 32.0 Å². The largest absolute Gasteiger partial charge is 0.416 e. The molecule has 0 spiro atoms. The zero-order valence-corrected chi connectivity index (χ0v) is 22.7. The SMILES string of the molecule is CNC(=O)c1nc(NC(=O)c2cc(F)cc(C(F)(F)F)c2)c2n1C(CN1CCCC1)C(=O)NC2c1cc(F)ccc1Cl. The van der Waals surface area contributed by atoms with Gasteiger partial charge in [-0.05, 0) is 62.3 Å². The van der Waals surface area contributed by atoms with Crippen LogP contribution in [0.3, 0.4) is 0 Å². The molecule has 2 aliphatic heterocycles. The Morgan fingerprint density at radius 3 is 2.45 bits per heavy atom. The van der Waals surface area contributed by atoms with Gasteiger partial charge in [0.05, 0.1) is 17.3 Å². The van der Waals surface area contributed by atoms with Crippen molar-refractivity contribution in [2.24, 2.45) is 0 Å². The Kier molecular flexibility index (Phi) is 7.94. The van der Waals surface area contributed by atoms with E-state index in [4.69, 9.17) is 11.6 Å². The van der Waals surface area contributed by atoms with E-state index in [2.05, 4.69) is 20.9 Å². The number of alkyl halides is 3. The molecular formula is C27H24ClF5N6O3. The highest BCUT2D eigenvalue weighted by Crippen LogP contribution is 2.39. The zero-order valence-electron chi connectivity index (χ0n) is 22.0. The fraction of sp³-hybridized carbons (Fsp3) is 0.333. The summed E-state index contributed by atoms with van der Waals surface area (Å²) in [7, 11) is 1.33. The molecule has 0 aliphatic carbocycles. The van der Waals surface area contributed by atoms with Gasteiger partial charge in [0, 0.05) is 29.7 Å². The molecule has 2 unspecified atom stereocenters. The molecule has 3 amide bonds. The van der Waals surface area contributed by atoms with Crippen molar-refractivity contribution >= 4 is 35.1 Å². The predicted octanol–water partition coefficient (Wildman–Crippen LogP) is 4.30. The number of imidazole rings is 1. The molecule has 1 fully saturated rings. The number of carbonyl (C=O) groups is 3. The van der Waals surface area contributed by atoms with Crippen molar-refractivity contribution < 1.29 is 36.3 Å². The molecule has 15 heteroatoms. The van der Waals surface area contributed by atoms with Crippen molar-refractivity contribution in [3.05, 3.63) is 81.3 Å². The third-order valence-electron chi connectivity index (χ3n) is 7.17. The Balaban J connectivity index is 1.67. The van der Waals surface area contributed by atoms with Crippen molar-refractivity contribution in [3.8, 4) is 0 Å². The number of carbonyl (C=O) groups excluding carboxylic acids is 3. The number of nitrogens with zero attached hydrogens (tertiary/aromatic N) is 3. The summed E-state index contributed by atoms with van der Waals surface area (Å²) in [6, 6.07) is 2.53. The molecule has 2 aliphatic rings. The molecular weight excluding hydrogens is 587 g/mol. The van der Waals surface area contributed by atoms with Gasteiger partial charge in [-0.1, -0.05) is 11.6 Å². The summed E-state index contributed by atoms with van der Waals surface area (Å²) >= 11 is 6.38. The van der Waals surface area contributed by atoms with Crippen molar-refractivity contribution in [3.63, 3.8) is 0 Å². The molecule has 0 saturated carbocycles. The topological polar surface area (TPSA) is 108 Å². The minimum absolute atomic E-state index is 0.0331. The van der Waals surface area contributed by atoms with Crippen LogP contribution in [-0.2, 0) is 11.0 Å². The molecule has 3 aromatic rings. The Hall–Kier alpha value is -4.04. The lowest BCUT2D eigenvalue weighted by atomic mass is 9.98. The Bertz CT molecular complexity index is 1570. The van der Waals surface area contributed by atoms with Gasteiger partial charge in [-0.25, -0.2) is 13.8 Å². The normalized spacial score (nSPS) is 18.9. The summed E-state index contributed by atoms with van der Waals surface area (Å²) in [6.45, 7) is 1.58. The number of likely N-dealkylation sites (tertiary alicyclic amines) is 1. The maximum absolute atomic E-state index is 14.4. The van der Waals surface area contributed by atoms with Gasteiger partial charge in [-0.3, -0.25) is 14.4 Å². The lowest BCUT2D eigenvalue weighted by Crippen LogP contribution is -2.48. The molecule has 3 N–H and O–H groups in total. The van der Waals surface area contributed by atoms with Crippen LogP contribution in [-0.4, -0.2) is 58.9 Å². The quantitative estimate of drug-likeness (QED) is 0.361. The van der Waals surface area contributed by atoms with Gasteiger partial charge in [0.25, 0.3) is 11.8 Å². The Morgan fingerprint density at radius 1 is 1.07 bits per heavy atom.